The average Bonchev–Trinajstić information content (AvgIpc) is 2.57. The van der Waals surface area contributed by atoms with Gasteiger partial charge in [0.1, 0.15) is 5.60 Å². The third kappa shape index (κ3) is 7.66. The molecule has 2 N–H and O–H groups in total. The van der Waals surface area contributed by atoms with Gasteiger partial charge in [-0.05, 0) is 40.7 Å². The second kappa shape index (κ2) is 10.5. The number of rotatable bonds is 6. The Kier molecular flexibility index (Phi) is 8.58. The third-order valence-electron chi connectivity index (χ3n) is 5.43. The smallest absolute Gasteiger partial charge is 0.410 e. The summed E-state index contributed by atoms with van der Waals surface area (Å²) in [5, 5.41) is 6.81. The lowest BCUT2D eigenvalue weighted by molar-refractivity contribution is 0.00700. The van der Waals surface area contributed by atoms with E-state index in [1.165, 1.54) is 0 Å². The Labute approximate surface area is 177 Å². The Morgan fingerprint density at radius 1 is 1.17 bits per heavy atom. The fourth-order valence-electron chi connectivity index (χ4n) is 3.65. The number of nitrogens with zero attached hydrogens (tertiary/aromatic N) is 4. The van der Waals surface area contributed by atoms with Gasteiger partial charge in [0, 0.05) is 51.9 Å². The zero-order valence-electron chi connectivity index (χ0n) is 19.5. The first-order valence-corrected chi connectivity index (χ1v) is 11.0. The van der Waals surface area contributed by atoms with Crippen LogP contribution in [0.15, 0.2) is 4.99 Å². The topological polar surface area (TPSA) is 72.4 Å². The average molecular weight is 411 g/mol. The molecular weight excluding hydrogens is 368 g/mol. The van der Waals surface area contributed by atoms with Crippen LogP contribution in [0.4, 0.5) is 4.79 Å². The fourth-order valence-corrected chi connectivity index (χ4v) is 3.65. The van der Waals surface area contributed by atoms with E-state index in [-0.39, 0.29) is 12.1 Å². The minimum absolute atomic E-state index is 0.210. The Bertz CT molecular complexity index is 546. The van der Waals surface area contributed by atoms with Gasteiger partial charge in [-0.3, -0.25) is 9.89 Å². The van der Waals surface area contributed by atoms with Gasteiger partial charge in [0.15, 0.2) is 5.96 Å². The monoisotopic (exact) mass is 410 g/mol. The molecule has 29 heavy (non-hydrogen) atoms. The number of hydrogen-bond donors (Lipinski definition) is 2. The summed E-state index contributed by atoms with van der Waals surface area (Å²) in [6.07, 6.45) is -0.243. The molecule has 168 valence electrons. The lowest BCUT2D eigenvalue weighted by Crippen LogP contribution is -2.63. The molecule has 1 amide bonds. The van der Waals surface area contributed by atoms with Crippen LogP contribution in [0.3, 0.4) is 0 Å². The van der Waals surface area contributed by atoms with Crippen molar-refractivity contribution in [2.24, 2.45) is 10.9 Å². The molecule has 0 saturated carbocycles. The maximum atomic E-state index is 12.1. The van der Waals surface area contributed by atoms with Crippen LogP contribution in [0, 0.1) is 5.92 Å². The molecule has 8 nitrogen and oxygen atoms in total. The van der Waals surface area contributed by atoms with E-state index in [1.54, 1.807) is 4.90 Å². The first-order valence-electron chi connectivity index (χ1n) is 11.0. The number of ether oxygens (including phenoxy) is 1. The van der Waals surface area contributed by atoms with Crippen LogP contribution in [0.5, 0.6) is 0 Å². The standard InChI is InChI=1S/C21H42N6O2/c1-8-22-19(24-17-14-27(15-17)20(28)29-21(4,5)6)23-13-18(16(2)3)26-11-9-25(7)10-12-26/h16-18H,8-15H2,1-7H3,(H2,22,23,24). The van der Waals surface area contributed by atoms with Crippen LogP contribution < -0.4 is 10.6 Å². The molecule has 2 heterocycles. The van der Waals surface area contributed by atoms with Crippen molar-refractivity contribution in [1.82, 2.24) is 25.3 Å². The number of piperazine rings is 1. The number of nitrogens with one attached hydrogen (secondary N) is 2. The van der Waals surface area contributed by atoms with Crippen LogP contribution in [-0.2, 0) is 4.74 Å². The minimum Gasteiger partial charge on any atom is -0.444 e. The van der Waals surface area contributed by atoms with Crippen molar-refractivity contribution in [2.45, 2.75) is 59.2 Å². The first kappa shape index (κ1) is 23.7. The van der Waals surface area contributed by atoms with E-state index in [2.05, 4.69) is 48.3 Å². The van der Waals surface area contributed by atoms with Gasteiger partial charge in [0.05, 0.1) is 12.6 Å². The second-order valence-electron chi connectivity index (χ2n) is 9.60. The number of aliphatic imine (C=N–C) groups is 1. The van der Waals surface area contributed by atoms with Gasteiger partial charge < -0.3 is 25.2 Å². The van der Waals surface area contributed by atoms with E-state index >= 15 is 0 Å². The van der Waals surface area contributed by atoms with Crippen molar-refractivity contribution in [2.75, 3.05) is 59.4 Å². The molecule has 2 fully saturated rings. The lowest BCUT2D eigenvalue weighted by atomic mass is 10.0. The maximum absolute atomic E-state index is 12.1. The van der Waals surface area contributed by atoms with Crippen molar-refractivity contribution in [3.05, 3.63) is 0 Å². The van der Waals surface area contributed by atoms with Gasteiger partial charge in [0.25, 0.3) is 0 Å². The third-order valence-corrected chi connectivity index (χ3v) is 5.43. The van der Waals surface area contributed by atoms with E-state index in [1.807, 2.05) is 20.8 Å². The summed E-state index contributed by atoms with van der Waals surface area (Å²) < 4.78 is 5.43. The second-order valence-corrected chi connectivity index (χ2v) is 9.60. The van der Waals surface area contributed by atoms with Crippen LogP contribution in [0.2, 0.25) is 0 Å². The number of guanidine groups is 1. The molecule has 2 saturated heterocycles. The normalized spacial score (nSPS) is 21.1. The number of carbonyl (C=O) groups is 1. The molecule has 2 rings (SSSR count). The SMILES string of the molecule is CCNC(=NCC(C(C)C)N1CCN(C)CC1)NC1CN(C(=O)OC(C)(C)C)C1. The van der Waals surface area contributed by atoms with Gasteiger partial charge >= 0.3 is 6.09 Å². The molecular formula is C21H42N6O2. The first-order chi connectivity index (χ1) is 13.6. The molecule has 2 aliphatic rings. The summed E-state index contributed by atoms with van der Waals surface area (Å²) in [7, 11) is 2.19. The summed E-state index contributed by atoms with van der Waals surface area (Å²) >= 11 is 0. The summed E-state index contributed by atoms with van der Waals surface area (Å²) in [5.41, 5.74) is -0.457. The zero-order valence-corrected chi connectivity index (χ0v) is 19.5. The van der Waals surface area contributed by atoms with Crippen LogP contribution >= 0.6 is 0 Å². The van der Waals surface area contributed by atoms with E-state index < -0.39 is 5.60 Å². The number of amides is 1. The lowest BCUT2D eigenvalue weighted by Gasteiger charge is -2.41. The maximum Gasteiger partial charge on any atom is 0.410 e. The van der Waals surface area contributed by atoms with E-state index in [0.29, 0.717) is 25.0 Å². The fraction of sp³-hybridized carbons (Fsp3) is 0.905. The Morgan fingerprint density at radius 3 is 2.31 bits per heavy atom. The van der Waals surface area contributed by atoms with E-state index in [4.69, 9.17) is 9.73 Å². The number of likely N-dealkylation sites (N-methyl/N-ethyl adjacent to an activating group) is 1. The van der Waals surface area contributed by atoms with Gasteiger partial charge in [-0.15, -0.1) is 0 Å². The van der Waals surface area contributed by atoms with Gasteiger partial charge in [0.2, 0.25) is 0 Å². The highest BCUT2D eigenvalue weighted by atomic mass is 16.6. The molecule has 0 aliphatic carbocycles. The van der Waals surface area contributed by atoms with Crippen LogP contribution in [0.25, 0.3) is 0 Å². The van der Waals surface area contributed by atoms with Crippen molar-refractivity contribution >= 4 is 12.1 Å². The largest absolute Gasteiger partial charge is 0.444 e. The van der Waals surface area contributed by atoms with Gasteiger partial charge in [-0.2, -0.15) is 0 Å². The molecule has 1 atom stereocenters. The molecule has 1 unspecified atom stereocenters. The van der Waals surface area contributed by atoms with Crippen molar-refractivity contribution in [1.29, 1.82) is 0 Å². The minimum atomic E-state index is -0.457. The van der Waals surface area contributed by atoms with Crippen molar-refractivity contribution < 1.29 is 9.53 Å². The Morgan fingerprint density at radius 2 is 1.79 bits per heavy atom. The van der Waals surface area contributed by atoms with Crippen LogP contribution in [0.1, 0.15) is 41.5 Å². The molecule has 2 aliphatic heterocycles. The van der Waals surface area contributed by atoms with E-state index in [0.717, 1.165) is 45.2 Å². The highest BCUT2D eigenvalue weighted by Gasteiger charge is 2.34. The predicted molar refractivity (Wildman–Crippen MR) is 118 cm³/mol. The summed E-state index contributed by atoms with van der Waals surface area (Å²) in [5.74, 6) is 1.39. The summed E-state index contributed by atoms with van der Waals surface area (Å²) in [4.78, 5) is 23.7. The number of likely N-dealkylation sites (tertiary alicyclic amines) is 1. The molecule has 0 aromatic carbocycles. The number of carbonyl (C=O) groups excluding carboxylic acids is 1. The Hall–Kier alpha value is -1.54. The highest BCUT2D eigenvalue weighted by Crippen LogP contribution is 2.16. The molecule has 0 radical (unpaired) electrons. The van der Waals surface area contributed by atoms with Crippen molar-refractivity contribution in [3.63, 3.8) is 0 Å². The van der Waals surface area contributed by atoms with E-state index in [9.17, 15) is 4.79 Å². The summed E-state index contributed by atoms with van der Waals surface area (Å²) in [6.45, 7) is 19.6. The molecule has 8 heteroatoms. The number of hydrogen-bond acceptors (Lipinski definition) is 5. The summed E-state index contributed by atoms with van der Waals surface area (Å²) in [6, 6.07) is 0.653. The Balaban J connectivity index is 1.86. The molecule has 0 bridgehead atoms. The zero-order chi connectivity index (χ0) is 21.6. The molecule has 0 aromatic heterocycles. The van der Waals surface area contributed by atoms with Gasteiger partial charge in [-0.1, -0.05) is 13.8 Å². The van der Waals surface area contributed by atoms with Gasteiger partial charge in [-0.25, -0.2) is 4.79 Å². The van der Waals surface area contributed by atoms with Crippen LogP contribution in [-0.4, -0.2) is 104 Å². The quantitative estimate of drug-likeness (QED) is 0.510. The van der Waals surface area contributed by atoms with Crippen molar-refractivity contribution in [3.8, 4) is 0 Å². The highest BCUT2D eigenvalue weighted by molar-refractivity contribution is 5.80. The molecule has 0 spiro atoms. The predicted octanol–water partition coefficient (Wildman–Crippen LogP) is 1.43. The molecule has 0 aromatic rings.